The van der Waals surface area contributed by atoms with E-state index in [0.717, 1.165) is 28.6 Å². The molecule has 0 saturated heterocycles. The zero-order chi connectivity index (χ0) is 9.84. The highest BCUT2D eigenvalue weighted by atomic mass is 79.9. The topological polar surface area (TPSA) is 32.3 Å². The summed E-state index contributed by atoms with van der Waals surface area (Å²) in [6.45, 7) is 2.82. The Morgan fingerprint density at radius 3 is 2.69 bits per heavy atom. The van der Waals surface area contributed by atoms with E-state index in [0.29, 0.717) is 5.75 Å². The minimum absolute atomic E-state index is 0.362. The van der Waals surface area contributed by atoms with E-state index in [9.17, 15) is 5.11 Å². The molecule has 0 unspecified atom stereocenters. The van der Waals surface area contributed by atoms with Crippen LogP contribution in [0, 0.1) is 6.92 Å². The van der Waals surface area contributed by atoms with Crippen LogP contribution in [0.25, 0.3) is 0 Å². The molecule has 72 valence electrons. The van der Waals surface area contributed by atoms with Crippen molar-refractivity contribution in [2.75, 3.05) is 13.6 Å². The molecule has 0 aliphatic heterocycles. The Kier molecular flexibility index (Phi) is 3.75. The summed E-state index contributed by atoms with van der Waals surface area (Å²) in [4.78, 5) is 0. The van der Waals surface area contributed by atoms with Gasteiger partial charge in [0.25, 0.3) is 0 Å². The van der Waals surface area contributed by atoms with Crippen LogP contribution in [0.1, 0.15) is 11.1 Å². The highest BCUT2D eigenvalue weighted by molar-refractivity contribution is 9.10. The zero-order valence-corrected chi connectivity index (χ0v) is 9.48. The number of halogens is 1. The molecule has 1 aromatic rings. The number of likely N-dealkylation sites (N-methyl/N-ethyl adjacent to an activating group) is 1. The third kappa shape index (κ3) is 2.71. The fourth-order valence-electron chi connectivity index (χ4n) is 1.13. The molecule has 3 heteroatoms. The van der Waals surface area contributed by atoms with Crippen molar-refractivity contribution in [2.24, 2.45) is 0 Å². The fourth-order valence-corrected chi connectivity index (χ4v) is 1.63. The molecule has 0 heterocycles. The van der Waals surface area contributed by atoms with E-state index in [2.05, 4.69) is 21.2 Å². The maximum Gasteiger partial charge on any atom is 0.119 e. The van der Waals surface area contributed by atoms with E-state index in [4.69, 9.17) is 0 Å². The van der Waals surface area contributed by atoms with Crippen molar-refractivity contribution < 1.29 is 5.11 Å². The number of benzene rings is 1. The molecule has 2 N–H and O–H groups in total. The van der Waals surface area contributed by atoms with E-state index in [1.807, 2.05) is 26.1 Å². The van der Waals surface area contributed by atoms with Gasteiger partial charge in [0, 0.05) is 10.0 Å². The summed E-state index contributed by atoms with van der Waals surface area (Å²) in [5.74, 6) is 0.362. The van der Waals surface area contributed by atoms with Crippen molar-refractivity contribution in [2.45, 2.75) is 13.3 Å². The molecular formula is C10H14BrNO. The number of hydrogen-bond donors (Lipinski definition) is 2. The summed E-state index contributed by atoms with van der Waals surface area (Å²) in [5.41, 5.74) is 2.04. The SMILES string of the molecule is CNCCc1cc(O)c(C)c(Br)c1. The molecule has 0 aliphatic carbocycles. The highest BCUT2D eigenvalue weighted by Crippen LogP contribution is 2.26. The molecule has 1 rings (SSSR count). The van der Waals surface area contributed by atoms with Gasteiger partial charge in [0.15, 0.2) is 0 Å². The summed E-state index contributed by atoms with van der Waals surface area (Å²) in [5, 5.41) is 12.6. The van der Waals surface area contributed by atoms with Crippen molar-refractivity contribution in [3.63, 3.8) is 0 Å². The second-order valence-corrected chi connectivity index (χ2v) is 3.93. The number of phenols is 1. The van der Waals surface area contributed by atoms with Gasteiger partial charge in [-0.25, -0.2) is 0 Å². The maximum atomic E-state index is 9.53. The lowest BCUT2D eigenvalue weighted by Gasteiger charge is -2.06. The normalized spacial score (nSPS) is 10.4. The van der Waals surface area contributed by atoms with Gasteiger partial charge in [0.2, 0.25) is 0 Å². The number of nitrogens with one attached hydrogen (secondary N) is 1. The fraction of sp³-hybridized carbons (Fsp3) is 0.400. The molecule has 0 bridgehead atoms. The number of hydrogen-bond acceptors (Lipinski definition) is 2. The van der Waals surface area contributed by atoms with Crippen LogP contribution in [0.2, 0.25) is 0 Å². The molecular weight excluding hydrogens is 230 g/mol. The minimum atomic E-state index is 0.362. The lowest BCUT2D eigenvalue weighted by Crippen LogP contribution is -2.10. The molecule has 0 saturated carbocycles. The molecule has 0 radical (unpaired) electrons. The van der Waals surface area contributed by atoms with Crippen LogP contribution in [0.3, 0.4) is 0 Å². The van der Waals surface area contributed by atoms with E-state index in [1.54, 1.807) is 0 Å². The highest BCUT2D eigenvalue weighted by Gasteiger charge is 2.03. The molecule has 0 atom stereocenters. The molecule has 0 fully saturated rings. The van der Waals surface area contributed by atoms with Crippen molar-refractivity contribution in [3.05, 3.63) is 27.7 Å². The van der Waals surface area contributed by atoms with Crippen LogP contribution in [-0.4, -0.2) is 18.7 Å². The van der Waals surface area contributed by atoms with Gasteiger partial charge in [-0.05, 0) is 44.6 Å². The molecule has 0 amide bonds. The minimum Gasteiger partial charge on any atom is -0.508 e. The second-order valence-electron chi connectivity index (χ2n) is 3.08. The lowest BCUT2D eigenvalue weighted by atomic mass is 10.1. The van der Waals surface area contributed by atoms with Crippen LogP contribution < -0.4 is 5.32 Å². The van der Waals surface area contributed by atoms with E-state index >= 15 is 0 Å². The Bertz CT molecular complexity index is 276. The molecule has 13 heavy (non-hydrogen) atoms. The molecule has 2 nitrogen and oxygen atoms in total. The number of rotatable bonds is 3. The first kappa shape index (κ1) is 10.5. The summed E-state index contributed by atoms with van der Waals surface area (Å²) in [6.07, 6.45) is 0.933. The number of aromatic hydroxyl groups is 1. The van der Waals surface area contributed by atoms with Crippen molar-refractivity contribution >= 4 is 15.9 Å². The van der Waals surface area contributed by atoms with Crippen LogP contribution in [0.4, 0.5) is 0 Å². The number of phenolic OH excluding ortho intramolecular Hbond substituents is 1. The Morgan fingerprint density at radius 1 is 1.46 bits per heavy atom. The van der Waals surface area contributed by atoms with E-state index in [-0.39, 0.29) is 0 Å². The lowest BCUT2D eigenvalue weighted by molar-refractivity contribution is 0.469. The largest absolute Gasteiger partial charge is 0.508 e. The van der Waals surface area contributed by atoms with Crippen LogP contribution in [0.15, 0.2) is 16.6 Å². The van der Waals surface area contributed by atoms with E-state index in [1.165, 1.54) is 0 Å². The van der Waals surface area contributed by atoms with Crippen LogP contribution >= 0.6 is 15.9 Å². The Labute approximate surface area is 87.1 Å². The summed E-state index contributed by atoms with van der Waals surface area (Å²) < 4.78 is 0.971. The first-order valence-corrected chi connectivity index (χ1v) is 5.07. The van der Waals surface area contributed by atoms with Gasteiger partial charge in [-0.15, -0.1) is 0 Å². The Morgan fingerprint density at radius 2 is 2.15 bits per heavy atom. The Hall–Kier alpha value is -0.540. The standard InChI is InChI=1S/C10H14BrNO/c1-7-9(11)5-8(3-4-12-2)6-10(7)13/h5-6,12-13H,3-4H2,1-2H3. The van der Waals surface area contributed by atoms with Crippen molar-refractivity contribution in [3.8, 4) is 5.75 Å². The van der Waals surface area contributed by atoms with E-state index < -0.39 is 0 Å². The summed E-state index contributed by atoms with van der Waals surface area (Å²) in [7, 11) is 1.92. The quantitative estimate of drug-likeness (QED) is 0.854. The van der Waals surface area contributed by atoms with Gasteiger partial charge in [0.1, 0.15) is 5.75 Å². The predicted octanol–water partition coefficient (Wildman–Crippen LogP) is 2.23. The molecule has 0 spiro atoms. The third-order valence-electron chi connectivity index (χ3n) is 2.04. The molecule has 0 aromatic heterocycles. The zero-order valence-electron chi connectivity index (χ0n) is 7.89. The predicted molar refractivity (Wildman–Crippen MR) is 58.2 cm³/mol. The molecule has 0 aliphatic rings. The van der Waals surface area contributed by atoms with Crippen LogP contribution in [0.5, 0.6) is 5.75 Å². The Balaban J connectivity index is 2.86. The summed E-state index contributed by atoms with van der Waals surface area (Å²) in [6, 6.07) is 3.86. The van der Waals surface area contributed by atoms with Gasteiger partial charge in [-0.2, -0.15) is 0 Å². The average molecular weight is 244 g/mol. The van der Waals surface area contributed by atoms with Crippen molar-refractivity contribution in [1.29, 1.82) is 0 Å². The first-order chi connectivity index (χ1) is 6.15. The van der Waals surface area contributed by atoms with Gasteiger partial charge in [-0.3, -0.25) is 0 Å². The van der Waals surface area contributed by atoms with Gasteiger partial charge < -0.3 is 10.4 Å². The maximum absolute atomic E-state index is 9.53. The van der Waals surface area contributed by atoms with Crippen molar-refractivity contribution in [1.82, 2.24) is 5.32 Å². The molecule has 1 aromatic carbocycles. The van der Waals surface area contributed by atoms with Gasteiger partial charge >= 0.3 is 0 Å². The summed E-state index contributed by atoms with van der Waals surface area (Å²) >= 11 is 3.41. The smallest absolute Gasteiger partial charge is 0.119 e. The van der Waals surface area contributed by atoms with Gasteiger partial charge in [-0.1, -0.05) is 15.9 Å². The van der Waals surface area contributed by atoms with Crippen LogP contribution in [-0.2, 0) is 6.42 Å². The monoisotopic (exact) mass is 243 g/mol. The second kappa shape index (κ2) is 4.63. The third-order valence-corrected chi connectivity index (χ3v) is 2.86. The average Bonchev–Trinajstić information content (AvgIpc) is 2.10. The van der Waals surface area contributed by atoms with Gasteiger partial charge in [0.05, 0.1) is 0 Å². The first-order valence-electron chi connectivity index (χ1n) is 4.27.